The summed E-state index contributed by atoms with van der Waals surface area (Å²) in [6.45, 7) is 2.55. The number of rotatable bonds is 2. The third kappa shape index (κ3) is 2.96. The zero-order valence-electron chi connectivity index (χ0n) is 9.72. The van der Waals surface area contributed by atoms with E-state index < -0.39 is 0 Å². The van der Waals surface area contributed by atoms with Crippen molar-refractivity contribution in [2.24, 2.45) is 0 Å². The molecular formula is C14H14N2O. The molecule has 0 bridgehead atoms. The van der Waals surface area contributed by atoms with Gasteiger partial charge < -0.3 is 5.11 Å². The first-order valence-electron chi connectivity index (χ1n) is 5.47. The Morgan fingerprint density at radius 1 is 1.29 bits per heavy atom. The standard InChI is InChI=1S/C14H14N2O/c1-12-8-9-16(15-12)11-14-6-3-2-5-13(14)7-4-10-17/h2-3,5-6,8-9,17H,10-11H2,1H3. The molecule has 0 radical (unpaired) electrons. The number of hydrogen-bond acceptors (Lipinski definition) is 2. The second-order valence-electron chi connectivity index (χ2n) is 3.77. The van der Waals surface area contributed by atoms with Crippen LogP contribution in [0.15, 0.2) is 36.5 Å². The number of aromatic nitrogens is 2. The first-order valence-corrected chi connectivity index (χ1v) is 5.47. The molecule has 0 spiro atoms. The molecule has 0 amide bonds. The van der Waals surface area contributed by atoms with Crippen molar-refractivity contribution >= 4 is 0 Å². The van der Waals surface area contributed by atoms with Crippen LogP contribution in [0.25, 0.3) is 0 Å². The molecule has 1 aromatic heterocycles. The van der Waals surface area contributed by atoms with Crippen molar-refractivity contribution in [1.29, 1.82) is 0 Å². The molecule has 3 nitrogen and oxygen atoms in total. The molecule has 1 N–H and O–H groups in total. The van der Waals surface area contributed by atoms with E-state index in [9.17, 15) is 0 Å². The Morgan fingerprint density at radius 2 is 2.12 bits per heavy atom. The van der Waals surface area contributed by atoms with Crippen LogP contribution in [-0.2, 0) is 6.54 Å². The first-order chi connectivity index (χ1) is 8.29. The highest BCUT2D eigenvalue weighted by Crippen LogP contribution is 2.09. The maximum absolute atomic E-state index is 8.72. The van der Waals surface area contributed by atoms with E-state index in [1.54, 1.807) is 0 Å². The first kappa shape index (κ1) is 11.4. The molecule has 0 aliphatic carbocycles. The van der Waals surface area contributed by atoms with Gasteiger partial charge in [-0.1, -0.05) is 30.0 Å². The molecule has 0 fully saturated rings. The summed E-state index contributed by atoms with van der Waals surface area (Å²) < 4.78 is 1.88. The van der Waals surface area contributed by atoms with Crippen molar-refractivity contribution in [3.63, 3.8) is 0 Å². The van der Waals surface area contributed by atoms with Crippen LogP contribution in [0.3, 0.4) is 0 Å². The number of hydrogen-bond donors (Lipinski definition) is 1. The van der Waals surface area contributed by atoms with Crippen LogP contribution in [0, 0.1) is 18.8 Å². The van der Waals surface area contributed by atoms with Crippen molar-refractivity contribution in [2.45, 2.75) is 13.5 Å². The molecule has 0 aliphatic rings. The molecule has 86 valence electrons. The third-order valence-corrected chi connectivity index (χ3v) is 2.43. The molecule has 1 heterocycles. The number of nitrogens with zero attached hydrogens (tertiary/aromatic N) is 2. The fourth-order valence-corrected chi connectivity index (χ4v) is 1.64. The summed E-state index contributed by atoms with van der Waals surface area (Å²) >= 11 is 0. The Hall–Kier alpha value is -2.05. The van der Waals surface area contributed by atoms with Crippen LogP contribution in [0.5, 0.6) is 0 Å². The topological polar surface area (TPSA) is 38.0 Å². The number of benzene rings is 1. The minimum atomic E-state index is -0.116. The van der Waals surface area contributed by atoms with Gasteiger partial charge in [0, 0.05) is 11.8 Å². The summed E-state index contributed by atoms with van der Waals surface area (Å²) in [4.78, 5) is 0. The van der Waals surface area contributed by atoms with Crippen molar-refractivity contribution in [2.75, 3.05) is 6.61 Å². The van der Waals surface area contributed by atoms with E-state index in [0.29, 0.717) is 6.54 Å². The van der Waals surface area contributed by atoms with Gasteiger partial charge in [-0.15, -0.1) is 0 Å². The minimum absolute atomic E-state index is 0.116. The Morgan fingerprint density at radius 3 is 2.82 bits per heavy atom. The molecule has 0 saturated carbocycles. The smallest absolute Gasteiger partial charge is 0.104 e. The SMILES string of the molecule is Cc1ccn(Cc2ccccc2C#CCO)n1. The fourth-order valence-electron chi connectivity index (χ4n) is 1.64. The maximum atomic E-state index is 8.72. The predicted molar refractivity (Wildman–Crippen MR) is 66.5 cm³/mol. The molecular weight excluding hydrogens is 212 g/mol. The maximum Gasteiger partial charge on any atom is 0.104 e. The zero-order chi connectivity index (χ0) is 12.1. The van der Waals surface area contributed by atoms with Crippen LogP contribution in [0.4, 0.5) is 0 Å². The normalized spacial score (nSPS) is 9.76. The van der Waals surface area contributed by atoms with E-state index in [-0.39, 0.29) is 6.61 Å². The Kier molecular flexibility index (Phi) is 3.59. The van der Waals surface area contributed by atoms with Crippen molar-refractivity contribution in [3.8, 4) is 11.8 Å². The van der Waals surface area contributed by atoms with Crippen LogP contribution >= 0.6 is 0 Å². The summed E-state index contributed by atoms with van der Waals surface area (Å²) in [6, 6.07) is 9.88. The highest BCUT2D eigenvalue weighted by molar-refractivity contribution is 5.41. The second kappa shape index (κ2) is 5.33. The predicted octanol–water partition coefficient (Wildman–Crippen LogP) is 1.58. The van der Waals surface area contributed by atoms with Gasteiger partial charge in [-0.05, 0) is 24.6 Å². The van der Waals surface area contributed by atoms with Gasteiger partial charge in [-0.25, -0.2) is 0 Å². The Bertz CT molecular complexity index is 561. The number of aliphatic hydroxyl groups is 1. The van der Waals surface area contributed by atoms with Gasteiger partial charge in [-0.3, -0.25) is 4.68 Å². The Labute approximate surface area is 101 Å². The van der Waals surface area contributed by atoms with Gasteiger partial charge in [0.1, 0.15) is 6.61 Å². The molecule has 1 aromatic carbocycles. The highest BCUT2D eigenvalue weighted by Gasteiger charge is 2.01. The molecule has 17 heavy (non-hydrogen) atoms. The quantitative estimate of drug-likeness (QED) is 0.790. The monoisotopic (exact) mass is 226 g/mol. The van der Waals surface area contributed by atoms with E-state index in [0.717, 1.165) is 16.8 Å². The molecule has 0 aliphatic heterocycles. The van der Waals surface area contributed by atoms with Crippen LogP contribution in [-0.4, -0.2) is 21.5 Å². The summed E-state index contributed by atoms with van der Waals surface area (Å²) in [6.07, 6.45) is 1.95. The van der Waals surface area contributed by atoms with E-state index in [2.05, 4.69) is 16.9 Å². The molecule has 3 heteroatoms. The summed E-state index contributed by atoms with van der Waals surface area (Å²) in [5, 5.41) is 13.1. The summed E-state index contributed by atoms with van der Waals surface area (Å²) in [7, 11) is 0. The van der Waals surface area contributed by atoms with Gasteiger partial charge in [0.05, 0.1) is 12.2 Å². The van der Waals surface area contributed by atoms with Gasteiger partial charge in [-0.2, -0.15) is 5.10 Å². The number of aliphatic hydroxyl groups excluding tert-OH is 1. The highest BCUT2D eigenvalue weighted by atomic mass is 16.2. The summed E-state index contributed by atoms with van der Waals surface area (Å²) in [5.74, 6) is 5.62. The van der Waals surface area contributed by atoms with E-state index in [1.807, 2.05) is 48.1 Å². The summed E-state index contributed by atoms with van der Waals surface area (Å²) in [5.41, 5.74) is 3.05. The zero-order valence-corrected chi connectivity index (χ0v) is 9.72. The molecule has 2 rings (SSSR count). The van der Waals surface area contributed by atoms with Crippen molar-refractivity contribution < 1.29 is 5.11 Å². The van der Waals surface area contributed by atoms with Crippen molar-refractivity contribution in [3.05, 3.63) is 53.3 Å². The average molecular weight is 226 g/mol. The average Bonchev–Trinajstić information content (AvgIpc) is 2.74. The van der Waals surface area contributed by atoms with Crippen LogP contribution in [0.1, 0.15) is 16.8 Å². The number of aryl methyl sites for hydroxylation is 1. The van der Waals surface area contributed by atoms with Gasteiger partial charge in [0.2, 0.25) is 0 Å². The molecule has 0 saturated heterocycles. The van der Waals surface area contributed by atoms with Gasteiger partial charge >= 0.3 is 0 Å². The molecule has 0 atom stereocenters. The fraction of sp³-hybridized carbons (Fsp3) is 0.214. The van der Waals surface area contributed by atoms with E-state index >= 15 is 0 Å². The van der Waals surface area contributed by atoms with Gasteiger partial charge in [0.15, 0.2) is 0 Å². The lowest BCUT2D eigenvalue weighted by atomic mass is 10.1. The van der Waals surface area contributed by atoms with Gasteiger partial charge in [0.25, 0.3) is 0 Å². The lowest BCUT2D eigenvalue weighted by Gasteiger charge is -2.04. The lowest BCUT2D eigenvalue weighted by Crippen LogP contribution is -2.02. The third-order valence-electron chi connectivity index (χ3n) is 2.43. The van der Waals surface area contributed by atoms with Crippen LogP contribution < -0.4 is 0 Å². The molecule has 0 unspecified atom stereocenters. The largest absolute Gasteiger partial charge is 0.384 e. The van der Waals surface area contributed by atoms with E-state index in [1.165, 1.54) is 0 Å². The minimum Gasteiger partial charge on any atom is -0.384 e. The van der Waals surface area contributed by atoms with Crippen LogP contribution in [0.2, 0.25) is 0 Å². The van der Waals surface area contributed by atoms with Crippen molar-refractivity contribution in [1.82, 2.24) is 9.78 Å². The molecule has 2 aromatic rings. The second-order valence-corrected chi connectivity index (χ2v) is 3.77. The Balaban J connectivity index is 2.26. The lowest BCUT2D eigenvalue weighted by molar-refractivity contribution is 0.350. The van der Waals surface area contributed by atoms with E-state index in [4.69, 9.17) is 5.11 Å².